The molecule has 0 N–H and O–H groups in total. The molecule has 0 aliphatic rings. The van der Waals surface area contributed by atoms with Crippen LogP contribution >= 0.6 is 11.3 Å². The van der Waals surface area contributed by atoms with Crippen molar-refractivity contribution in [2.24, 2.45) is 0 Å². The predicted octanol–water partition coefficient (Wildman–Crippen LogP) is 13.1. The van der Waals surface area contributed by atoms with Crippen LogP contribution in [0.2, 0.25) is 0 Å². The van der Waals surface area contributed by atoms with Gasteiger partial charge in [0.1, 0.15) is 0 Å². The molecule has 0 saturated carbocycles. The lowest BCUT2D eigenvalue weighted by molar-refractivity contribution is 0.0812. The second-order valence-corrected chi connectivity index (χ2v) is 17.6. The molecular weight excluding hydrogens is 751 g/mol. The van der Waals surface area contributed by atoms with Crippen LogP contribution in [0.1, 0.15) is 37.0 Å². The molecule has 7 heteroatoms. The van der Waals surface area contributed by atoms with Crippen molar-refractivity contribution in [1.29, 1.82) is 0 Å². The van der Waals surface area contributed by atoms with Gasteiger partial charge in [-0.3, -0.25) is 0 Å². The van der Waals surface area contributed by atoms with Crippen LogP contribution in [-0.4, -0.2) is 28.6 Å². The molecule has 2 heterocycles. The molecule has 0 fully saturated rings. The Morgan fingerprint density at radius 2 is 1.05 bits per heavy atom. The number of hydrogen-bond donors (Lipinski definition) is 0. The van der Waals surface area contributed by atoms with Gasteiger partial charge in [0.25, 0.3) is 0 Å². The quantitative estimate of drug-likeness (QED) is 0.0741. The molecule has 0 amide bonds. The minimum Gasteiger partial charge on any atom is -0.449 e. The van der Waals surface area contributed by atoms with E-state index in [0.29, 0.717) is 31.0 Å². The molecule has 0 saturated heterocycles. The van der Waals surface area contributed by atoms with Crippen molar-refractivity contribution in [3.63, 3.8) is 0 Å². The average molecular weight is 794 g/mol. The van der Waals surface area contributed by atoms with E-state index in [2.05, 4.69) is 163 Å². The molecule has 0 spiro atoms. The maximum atomic E-state index is 6.24. The van der Waals surface area contributed by atoms with Gasteiger partial charge in [0.2, 0.25) is 0 Å². The highest BCUT2D eigenvalue weighted by molar-refractivity contribution is 7.16. The zero-order chi connectivity index (χ0) is 39.6. The van der Waals surface area contributed by atoms with Gasteiger partial charge in [-0.25, -0.2) is 0 Å². The Hall–Kier alpha value is -5.98. The first-order chi connectivity index (χ1) is 28.5. The second-order valence-electron chi connectivity index (χ2n) is 14.1. The summed E-state index contributed by atoms with van der Waals surface area (Å²) in [4.78, 5) is 4.60. The summed E-state index contributed by atoms with van der Waals surface area (Å²) in [6, 6.07) is 54.4. The standard InChI is InChI=1S/C51H43NO4SSi/c1-5-53-58(54-6-2,55-7-3)49-31-29-42(56-49)28-30-47-35(4)32-48(57-47)50-43-20-12-14-22-45(43)51(46-23-15-13-21-44(46)50)52(40-26-24-36-16-8-10-18-38(36)33-40)41-27-25-37-17-9-11-19-39(37)34-41/h8-27,29,31-34H,5-7H2,1-4H3. The summed E-state index contributed by atoms with van der Waals surface area (Å²) in [5.74, 6) is 7.27. The number of anilines is 3. The summed E-state index contributed by atoms with van der Waals surface area (Å²) in [5, 5.41) is 10.1. The summed E-state index contributed by atoms with van der Waals surface area (Å²) >= 11 is 1.71. The van der Waals surface area contributed by atoms with Crippen molar-refractivity contribution in [1.82, 2.24) is 0 Å². The third kappa shape index (κ3) is 6.90. The van der Waals surface area contributed by atoms with Crippen LogP contribution in [0, 0.1) is 18.8 Å². The van der Waals surface area contributed by atoms with Crippen molar-refractivity contribution in [3.8, 4) is 22.3 Å². The van der Waals surface area contributed by atoms with Crippen LogP contribution in [0.5, 0.6) is 0 Å². The van der Waals surface area contributed by atoms with Gasteiger partial charge in [0, 0.05) is 52.4 Å². The first-order valence-electron chi connectivity index (χ1n) is 19.9. The third-order valence-corrected chi connectivity index (χ3v) is 14.5. The van der Waals surface area contributed by atoms with Gasteiger partial charge in [0.15, 0.2) is 11.1 Å². The molecular formula is C51H43NO4SSi. The van der Waals surface area contributed by atoms with Gasteiger partial charge in [0.05, 0.1) is 10.6 Å². The summed E-state index contributed by atoms with van der Waals surface area (Å²) in [6.07, 6.45) is 0. The molecule has 58 heavy (non-hydrogen) atoms. The summed E-state index contributed by atoms with van der Waals surface area (Å²) in [6.45, 7) is 9.32. The van der Waals surface area contributed by atoms with E-state index in [1.165, 1.54) is 53.5 Å². The van der Waals surface area contributed by atoms with Crippen molar-refractivity contribution >= 4 is 85.7 Å². The Labute approximate surface area is 344 Å². The van der Waals surface area contributed by atoms with E-state index in [1.807, 2.05) is 32.9 Å². The van der Waals surface area contributed by atoms with Crippen molar-refractivity contribution in [2.45, 2.75) is 27.7 Å². The van der Waals surface area contributed by atoms with Crippen LogP contribution in [0.15, 0.2) is 156 Å². The van der Waals surface area contributed by atoms with E-state index in [0.717, 1.165) is 27.5 Å². The van der Waals surface area contributed by atoms with Crippen LogP contribution in [0.3, 0.4) is 0 Å². The number of rotatable bonds is 11. The Kier molecular flexibility index (Phi) is 10.4. The Balaban J connectivity index is 1.20. The molecule has 0 radical (unpaired) electrons. The average Bonchev–Trinajstić information content (AvgIpc) is 3.89. The smallest absolute Gasteiger partial charge is 0.449 e. The highest BCUT2D eigenvalue weighted by atomic mass is 32.1. The molecule has 5 nitrogen and oxygen atoms in total. The molecule has 286 valence electrons. The Morgan fingerprint density at radius 3 is 1.59 bits per heavy atom. The molecule has 0 unspecified atom stereocenters. The Bertz CT molecular complexity index is 2860. The molecule has 9 rings (SSSR count). The zero-order valence-corrected chi connectivity index (χ0v) is 34.9. The lowest BCUT2D eigenvalue weighted by Crippen LogP contribution is -2.56. The molecule has 0 bridgehead atoms. The van der Waals surface area contributed by atoms with Crippen LogP contribution in [0.4, 0.5) is 17.1 Å². The number of furan rings is 1. The Morgan fingerprint density at radius 1 is 0.552 bits per heavy atom. The maximum Gasteiger partial charge on any atom is 0.574 e. The monoisotopic (exact) mass is 793 g/mol. The maximum absolute atomic E-state index is 6.24. The van der Waals surface area contributed by atoms with Gasteiger partial charge in [-0.15, -0.1) is 11.3 Å². The van der Waals surface area contributed by atoms with E-state index < -0.39 is 8.80 Å². The van der Waals surface area contributed by atoms with Gasteiger partial charge in [-0.1, -0.05) is 109 Å². The lowest BCUT2D eigenvalue weighted by atomic mass is 9.92. The third-order valence-electron chi connectivity index (χ3n) is 10.5. The normalized spacial score (nSPS) is 11.7. The van der Waals surface area contributed by atoms with Gasteiger partial charge >= 0.3 is 8.80 Å². The summed E-state index contributed by atoms with van der Waals surface area (Å²) in [7, 11) is -3.18. The number of nitrogens with zero attached hydrogens (tertiary/aromatic N) is 1. The summed E-state index contributed by atoms with van der Waals surface area (Å²) < 4.78 is 24.5. The van der Waals surface area contributed by atoms with E-state index in [4.69, 9.17) is 17.7 Å². The topological polar surface area (TPSA) is 44.1 Å². The second kappa shape index (κ2) is 16.1. The van der Waals surface area contributed by atoms with E-state index in [-0.39, 0.29) is 0 Å². The van der Waals surface area contributed by atoms with Gasteiger partial charge in [-0.05, 0) is 120 Å². The predicted molar refractivity (Wildman–Crippen MR) is 244 cm³/mol. The number of thiophene rings is 1. The summed E-state index contributed by atoms with van der Waals surface area (Å²) in [5.41, 5.74) is 5.67. The molecule has 0 aliphatic carbocycles. The van der Waals surface area contributed by atoms with Crippen molar-refractivity contribution in [2.75, 3.05) is 24.7 Å². The molecule has 7 aromatic carbocycles. The fraction of sp³-hybridized carbons (Fsp3) is 0.137. The minimum absolute atomic E-state index is 0.459. The van der Waals surface area contributed by atoms with E-state index in [9.17, 15) is 0 Å². The lowest BCUT2D eigenvalue weighted by Gasteiger charge is -2.30. The van der Waals surface area contributed by atoms with Crippen LogP contribution in [-0.2, 0) is 13.3 Å². The molecule has 2 aromatic heterocycles. The van der Waals surface area contributed by atoms with Gasteiger partial charge in [-0.2, -0.15) is 0 Å². The van der Waals surface area contributed by atoms with Crippen molar-refractivity contribution < 1.29 is 17.7 Å². The fourth-order valence-corrected chi connectivity index (χ4v) is 11.4. The van der Waals surface area contributed by atoms with Crippen molar-refractivity contribution in [3.05, 3.63) is 168 Å². The first-order valence-corrected chi connectivity index (χ1v) is 22.4. The zero-order valence-electron chi connectivity index (χ0n) is 33.0. The largest absolute Gasteiger partial charge is 0.574 e. The SMILES string of the molecule is CCO[Si](OCC)(OCC)c1ccc(C#Cc2sc(-c3c4ccccc4c(N(c4ccc5ccccc5c4)c4ccc5ccccc5c4)c4ccccc34)cc2C)o1. The van der Waals surface area contributed by atoms with E-state index in [1.54, 1.807) is 11.3 Å². The highest BCUT2D eigenvalue weighted by Gasteiger charge is 2.47. The van der Waals surface area contributed by atoms with Gasteiger partial charge < -0.3 is 22.6 Å². The molecule has 0 atom stereocenters. The number of fused-ring (bicyclic) bond motifs is 4. The first kappa shape index (κ1) is 37.6. The van der Waals surface area contributed by atoms with E-state index >= 15 is 0 Å². The number of aryl methyl sites for hydroxylation is 1. The molecule has 0 aliphatic heterocycles. The van der Waals surface area contributed by atoms with Crippen LogP contribution in [0.25, 0.3) is 53.5 Å². The number of hydrogen-bond acceptors (Lipinski definition) is 6. The minimum atomic E-state index is -3.18. The van der Waals surface area contributed by atoms with Crippen LogP contribution < -0.4 is 10.3 Å². The molecule has 9 aromatic rings. The number of benzene rings is 7. The fourth-order valence-electron chi connectivity index (χ4n) is 7.98. The highest BCUT2D eigenvalue weighted by Crippen LogP contribution is 2.49.